The number of aryl methyl sites for hydroxylation is 1. The molecule has 0 saturated carbocycles. The van der Waals surface area contributed by atoms with Crippen molar-refractivity contribution in [2.24, 2.45) is 12.0 Å². The van der Waals surface area contributed by atoms with Crippen LogP contribution >= 0.6 is 0 Å². The van der Waals surface area contributed by atoms with Gasteiger partial charge in [-0.2, -0.15) is 0 Å². The van der Waals surface area contributed by atoms with Crippen LogP contribution in [0.1, 0.15) is 11.5 Å². The van der Waals surface area contributed by atoms with Gasteiger partial charge in [0.25, 0.3) is 0 Å². The fourth-order valence-corrected chi connectivity index (χ4v) is 1.19. The van der Waals surface area contributed by atoms with Gasteiger partial charge in [0.1, 0.15) is 11.5 Å². The van der Waals surface area contributed by atoms with E-state index in [0.29, 0.717) is 0 Å². The molecule has 1 aromatic rings. The predicted octanol–water partition coefficient (Wildman–Crippen LogP) is 0.962. The van der Waals surface area contributed by atoms with Gasteiger partial charge in [-0.1, -0.05) is 6.58 Å². The minimum Gasteiger partial charge on any atom is -0.345 e. The quantitative estimate of drug-likeness (QED) is 0.617. The highest BCUT2D eigenvalue weighted by molar-refractivity contribution is 5.83. The second kappa shape index (κ2) is 2.20. The normalized spacial score (nSPS) is 14.3. The van der Waals surface area contributed by atoms with Crippen molar-refractivity contribution < 1.29 is 0 Å². The molecule has 0 bridgehead atoms. The maximum absolute atomic E-state index is 4.32. The van der Waals surface area contributed by atoms with Crippen molar-refractivity contribution in [3.63, 3.8) is 0 Å². The molecule has 1 aliphatic heterocycles. The highest BCUT2D eigenvalue weighted by atomic mass is 15.2. The average molecular weight is 162 g/mol. The third-order valence-electron chi connectivity index (χ3n) is 2.00. The topological polar surface area (TPSA) is 42.2 Å². The molecule has 2 rings (SSSR count). The molecule has 0 saturated heterocycles. The van der Waals surface area contributed by atoms with E-state index in [1.54, 1.807) is 6.34 Å². The predicted molar refractivity (Wildman–Crippen MR) is 48.3 cm³/mol. The van der Waals surface area contributed by atoms with Crippen molar-refractivity contribution in [1.82, 2.24) is 14.9 Å². The molecular formula is C8H10N4. The molecule has 2 heterocycles. The van der Waals surface area contributed by atoms with Gasteiger partial charge in [0.2, 0.25) is 0 Å². The number of nitrogens with zero attached hydrogens (tertiary/aromatic N) is 3. The summed E-state index contributed by atoms with van der Waals surface area (Å²) in [4.78, 5) is 8.49. The van der Waals surface area contributed by atoms with E-state index in [1.807, 2.05) is 18.5 Å². The lowest BCUT2D eigenvalue weighted by molar-refractivity contribution is 0.858. The number of aliphatic imine (C=N–C) groups is 1. The zero-order valence-electron chi connectivity index (χ0n) is 7.13. The summed E-state index contributed by atoms with van der Waals surface area (Å²) >= 11 is 0. The van der Waals surface area contributed by atoms with Crippen LogP contribution < -0.4 is 5.32 Å². The smallest absolute Gasteiger partial charge is 0.163 e. The Bertz CT molecular complexity index is 373. The number of aromatic nitrogens is 2. The monoisotopic (exact) mass is 162 g/mol. The molecule has 4 nitrogen and oxygen atoms in total. The minimum absolute atomic E-state index is 0.809. The van der Waals surface area contributed by atoms with E-state index in [9.17, 15) is 0 Å². The Morgan fingerprint density at radius 1 is 1.58 bits per heavy atom. The maximum Gasteiger partial charge on any atom is 0.163 e. The highest BCUT2D eigenvalue weighted by Gasteiger charge is 2.15. The van der Waals surface area contributed by atoms with E-state index in [2.05, 4.69) is 21.9 Å². The molecule has 1 N–H and O–H groups in total. The summed E-state index contributed by atoms with van der Waals surface area (Å²) in [6.45, 7) is 5.78. The van der Waals surface area contributed by atoms with Crippen molar-refractivity contribution in [3.05, 3.63) is 18.1 Å². The summed E-state index contributed by atoms with van der Waals surface area (Å²) in [5.74, 6) is 1.82. The molecular weight excluding hydrogens is 152 g/mol. The van der Waals surface area contributed by atoms with Crippen LogP contribution in [0.3, 0.4) is 0 Å². The van der Waals surface area contributed by atoms with Gasteiger partial charge in [-0.3, -0.25) is 0 Å². The molecule has 1 aromatic heterocycles. The fraction of sp³-hybridized carbons (Fsp3) is 0.250. The second-order valence-corrected chi connectivity index (χ2v) is 2.77. The van der Waals surface area contributed by atoms with E-state index in [4.69, 9.17) is 0 Å². The molecule has 0 aromatic carbocycles. The van der Waals surface area contributed by atoms with Gasteiger partial charge in [0.15, 0.2) is 5.82 Å². The summed E-state index contributed by atoms with van der Waals surface area (Å²) in [5, 5.41) is 2.92. The third kappa shape index (κ3) is 0.777. The summed E-state index contributed by atoms with van der Waals surface area (Å²) in [6, 6.07) is 0. The van der Waals surface area contributed by atoms with Crippen molar-refractivity contribution in [1.29, 1.82) is 0 Å². The van der Waals surface area contributed by atoms with Crippen molar-refractivity contribution in [3.8, 4) is 0 Å². The Balaban J connectivity index is 2.69. The lowest BCUT2D eigenvalue weighted by Gasteiger charge is -2.08. The molecule has 12 heavy (non-hydrogen) atoms. The summed E-state index contributed by atoms with van der Waals surface area (Å²) in [5.41, 5.74) is 1.65. The molecule has 4 heteroatoms. The third-order valence-corrected chi connectivity index (χ3v) is 2.00. The largest absolute Gasteiger partial charge is 0.345 e. The van der Waals surface area contributed by atoms with Crippen LogP contribution in [-0.4, -0.2) is 15.9 Å². The first kappa shape index (κ1) is 7.09. The minimum atomic E-state index is 0.809. The fourth-order valence-electron chi connectivity index (χ4n) is 1.19. The van der Waals surface area contributed by atoms with Gasteiger partial charge in [0, 0.05) is 7.05 Å². The number of imidazole rings is 1. The summed E-state index contributed by atoms with van der Waals surface area (Å²) < 4.78 is 1.94. The molecule has 0 unspecified atom stereocenters. The van der Waals surface area contributed by atoms with Crippen LogP contribution in [0.2, 0.25) is 0 Å². The maximum atomic E-state index is 4.32. The van der Waals surface area contributed by atoms with Gasteiger partial charge >= 0.3 is 0 Å². The Hall–Kier alpha value is -1.58. The first-order valence-electron chi connectivity index (χ1n) is 3.72. The lowest BCUT2D eigenvalue weighted by Crippen LogP contribution is -2.12. The summed E-state index contributed by atoms with van der Waals surface area (Å²) in [7, 11) is 1.94. The number of hydrogen-bond acceptors (Lipinski definition) is 3. The van der Waals surface area contributed by atoms with Crippen LogP contribution in [-0.2, 0) is 7.05 Å². The Labute approximate surface area is 70.6 Å². The van der Waals surface area contributed by atoms with E-state index in [-0.39, 0.29) is 0 Å². The molecule has 0 atom stereocenters. The first-order valence-corrected chi connectivity index (χ1v) is 3.72. The average Bonchev–Trinajstić information content (AvgIpc) is 2.32. The number of fused-ring (bicyclic) bond motifs is 1. The number of hydrogen-bond donors (Lipinski definition) is 1. The Morgan fingerprint density at radius 3 is 3.00 bits per heavy atom. The molecule has 0 aliphatic carbocycles. The van der Waals surface area contributed by atoms with Crippen LogP contribution in [0, 0.1) is 6.92 Å². The molecule has 0 radical (unpaired) electrons. The first-order chi connectivity index (χ1) is 5.70. The van der Waals surface area contributed by atoms with E-state index in [0.717, 1.165) is 23.0 Å². The standard InChI is InChI=1S/C8H10N4/c1-5-7-8(10-4-9-5)12(3)6(2)11-7/h4H,1H2,2-3H3,(H,9,10). The van der Waals surface area contributed by atoms with Gasteiger partial charge < -0.3 is 9.88 Å². The van der Waals surface area contributed by atoms with Crippen LogP contribution in [0.25, 0.3) is 5.70 Å². The van der Waals surface area contributed by atoms with Crippen LogP contribution in [0.15, 0.2) is 11.6 Å². The second-order valence-electron chi connectivity index (χ2n) is 2.77. The Morgan fingerprint density at radius 2 is 2.33 bits per heavy atom. The molecule has 0 fully saturated rings. The number of rotatable bonds is 0. The van der Waals surface area contributed by atoms with E-state index < -0.39 is 0 Å². The van der Waals surface area contributed by atoms with Gasteiger partial charge in [0.05, 0.1) is 12.0 Å². The van der Waals surface area contributed by atoms with Crippen LogP contribution in [0.5, 0.6) is 0 Å². The molecule has 0 spiro atoms. The van der Waals surface area contributed by atoms with Gasteiger partial charge in [-0.05, 0) is 6.92 Å². The van der Waals surface area contributed by atoms with E-state index in [1.165, 1.54) is 0 Å². The molecule has 0 amide bonds. The van der Waals surface area contributed by atoms with E-state index >= 15 is 0 Å². The molecule has 62 valence electrons. The van der Waals surface area contributed by atoms with Crippen molar-refractivity contribution in [2.45, 2.75) is 6.92 Å². The van der Waals surface area contributed by atoms with Crippen molar-refractivity contribution >= 4 is 17.9 Å². The SMILES string of the molecule is C=C1NC=Nc2c1nc(C)n2C. The molecule has 1 aliphatic rings. The summed E-state index contributed by atoms with van der Waals surface area (Å²) in [6.07, 6.45) is 1.63. The highest BCUT2D eigenvalue weighted by Crippen LogP contribution is 2.25. The van der Waals surface area contributed by atoms with Gasteiger partial charge in [-0.15, -0.1) is 0 Å². The Kier molecular flexibility index (Phi) is 1.30. The number of nitrogens with one attached hydrogen (secondary N) is 1. The van der Waals surface area contributed by atoms with Crippen molar-refractivity contribution in [2.75, 3.05) is 0 Å². The zero-order valence-corrected chi connectivity index (χ0v) is 7.13. The lowest BCUT2D eigenvalue weighted by atomic mass is 10.3. The van der Waals surface area contributed by atoms with Crippen LogP contribution in [0.4, 0.5) is 5.82 Å². The van der Waals surface area contributed by atoms with Gasteiger partial charge in [-0.25, -0.2) is 9.98 Å². The zero-order chi connectivity index (χ0) is 8.72.